The van der Waals surface area contributed by atoms with E-state index in [9.17, 15) is 34.9 Å². The maximum Gasteiger partial charge on any atom is 0.356 e. The molecule has 0 atom stereocenters. The van der Waals surface area contributed by atoms with Crippen molar-refractivity contribution in [1.82, 2.24) is 4.98 Å². The lowest BCUT2D eigenvalue weighted by molar-refractivity contribution is -0.386. The van der Waals surface area contributed by atoms with E-state index < -0.39 is 38.7 Å². The van der Waals surface area contributed by atoms with Gasteiger partial charge in [-0.1, -0.05) is 0 Å². The number of carbonyl (C=O) groups excluding carboxylic acids is 2. The zero-order valence-corrected chi connectivity index (χ0v) is 15.9. The highest BCUT2D eigenvalue weighted by atomic mass is 16.6. The second-order valence-electron chi connectivity index (χ2n) is 5.81. The van der Waals surface area contributed by atoms with Crippen LogP contribution < -0.4 is 4.74 Å². The molecule has 0 unspecified atom stereocenters. The van der Waals surface area contributed by atoms with Crippen molar-refractivity contribution in [3.63, 3.8) is 0 Å². The number of methoxy groups -OCH3 is 2. The third-order valence-electron chi connectivity index (χ3n) is 3.91. The summed E-state index contributed by atoms with van der Waals surface area (Å²) in [5, 5.41) is 32.4. The number of aromatic nitrogens is 1. The third-order valence-corrected chi connectivity index (χ3v) is 3.91. The lowest BCUT2D eigenvalue weighted by Gasteiger charge is -2.06. The number of aryl methyl sites for hydroxylation is 1. The van der Waals surface area contributed by atoms with Gasteiger partial charge in [0.1, 0.15) is 5.75 Å². The number of pyridine rings is 1. The molecule has 0 aliphatic rings. The molecule has 0 aliphatic carbocycles. The molecular weight excluding hydrogens is 402 g/mol. The van der Waals surface area contributed by atoms with Crippen molar-refractivity contribution < 1.29 is 34.0 Å². The summed E-state index contributed by atoms with van der Waals surface area (Å²) in [7, 11) is 2.25. The van der Waals surface area contributed by atoms with Gasteiger partial charge < -0.3 is 14.6 Å². The number of benzene rings is 1. The number of rotatable bonds is 7. The Balaban J connectivity index is 2.59. The molecule has 0 radical (unpaired) electrons. The Hall–Kier alpha value is -4.35. The van der Waals surface area contributed by atoms with E-state index in [0.717, 1.165) is 44.6 Å². The summed E-state index contributed by atoms with van der Waals surface area (Å²) >= 11 is 0. The van der Waals surface area contributed by atoms with Gasteiger partial charge in [-0.05, 0) is 30.7 Å². The Morgan fingerprint density at radius 1 is 1.10 bits per heavy atom. The van der Waals surface area contributed by atoms with Crippen LogP contribution in [-0.4, -0.2) is 45.9 Å². The lowest BCUT2D eigenvalue weighted by Crippen LogP contribution is -2.13. The second kappa shape index (κ2) is 8.77. The topological polar surface area (TPSA) is 172 Å². The fraction of sp³-hybridized carbons (Fsp3) is 0.167. The molecule has 1 heterocycles. The van der Waals surface area contributed by atoms with Gasteiger partial charge >= 0.3 is 11.7 Å². The number of ether oxygens (including phenoxy) is 2. The van der Waals surface area contributed by atoms with E-state index in [2.05, 4.69) is 9.72 Å². The monoisotopic (exact) mass is 417 g/mol. The minimum atomic E-state index is -0.997. The van der Waals surface area contributed by atoms with Crippen molar-refractivity contribution in [3.8, 4) is 11.5 Å². The van der Waals surface area contributed by atoms with Crippen LogP contribution >= 0.6 is 0 Å². The fourth-order valence-electron chi connectivity index (χ4n) is 2.56. The van der Waals surface area contributed by atoms with Gasteiger partial charge in [0.15, 0.2) is 11.4 Å². The average molecular weight is 417 g/mol. The molecular formula is C18H15N3O9. The fourth-order valence-corrected chi connectivity index (χ4v) is 2.56. The number of hydrogen-bond donors (Lipinski definition) is 1. The van der Waals surface area contributed by atoms with Gasteiger partial charge in [0.25, 0.3) is 5.69 Å². The summed E-state index contributed by atoms with van der Waals surface area (Å²) in [6, 6.07) is 3.04. The quantitative estimate of drug-likeness (QED) is 0.232. The molecule has 156 valence electrons. The number of nitro groups is 2. The standard InChI is InChI=1S/C18H15N3O9/c1-9-6-12(20(25)26)16(19-15(9)18(24)30-3)13(23)5-4-10-7-11(22)8-14(29-2)17(10)21(27)28/h4-8,22H,1-3H3. The molecule has 1 N–H and O–H groups in total. The molecule has 12 heteroatoms. The minimum Gasteiger partial charge on any atom is -0.508 e. The van der Waals surface area contributed by atoms with Gasteiger partial charge in [-0.3, -0.25) is 25.0 Å². The number of nitro benzene ring substituents is 1. The molecule has 0 fully saturated rings. The van der Waals surface area contributed by atoms with Gasteiger partial charge in [0.05, 0.1) is 29.6 Å². The molecule has 12 nitrogen and oxygen atoms in total. The first-order chi connectivity index (χ1) is 14.1. The average Bonchev–Trinajstić information content (AvgIpc) is 2.70. The SMILES string of the molecule is COC(=O)c1nc(C(=O)C=Cc2cc(O)cc(OC)c2[N+](=O)[O-])c([N+](=O)[O-])cc1C. The smallest absolute Gasteiger partial charge is 0.356 e. The first kappa shape index (κ1) is 21.9. The number of allylic oxidation sites excluding steroid dienone is 1. The van der Waals surface area contributed by atoms with E-state index in [1.807, 2.05) is 0 Å². The van der Waals surface area contributed by atoms with Crippen LogP contribution in [0, 0.1) is 27.2 Å². The van der Waals surface area contributed by atoms with Crippen LogP contribution in [0.3, 0.4) is 0 Å². The van der Waals surface area contributed by atoms with Crippen molar-refractivity contribution in [3.05, 3.63) is 67.0 Å². The first-order valence-electron chi connectivity index (χ1n) is 8.12. The number of aromatic hydroxyl groups is 1. The Labute approximate surface area is 168 Å². The van der Waals surface area contributed by atoms with Gasteiger partial charge in [0, 0.05) is 12.1 Å². The number of hydrogen-bond acceptors (Lipinski definition) is 10. The maximum absolute atomic E-state index is 12.6. The molecule has 1 aromatic heterocycles. The van der Waals surface area contributed by atoms with Crippen molar-refractivity contribution in [2.45, 2.75) is 6.92 Å². The summed E-state index contributed by atoms with van der Waals surface area (Å²) in [6.45, 7) is 1.39. The van der Waals surface area contributed by atoms with Crippen molar-refractivity contribution in [2.75, 3.05) is 14.2 Å². The minimum absolute atomic E-state index is 0.127. The second-order valence-corrected chi connectivity index (χ2v) is 5.81. The van der Waals surface area contributed by atoms with E-state index in [0.29, 0.717) is 0 Å². The van der Waals surface area contributed by atoms with Crippen LogP contribution in [0.25, 0.3) is 6.08 Å². The predicted molar refractivity (Wildman–Crippen MR) is 102 cm³/mol. The summed E-state index contributed by atoms with van der Waals surface area (Å²) in [6.07, 6.45) is 1.78. The van der Waals surface area contributed by atoms with Crippen LogP contribution in [0.15, 0.2) is 24.3 Å². The third kappa shape index (κ3) is 4.38. The van der Waals surface area contributed by atoms with E-state index in [4.69, 9.17) is 4.74 Å². The maximum atomic E-state index is 12.6. The van der Waals surface area contributed by atoms with Crippen LogP contribution in [0.1, 0.15) is 32.1 Å². The largest absolute Gasteiger partial charge is 0.508 e. The molecule has 1 aromatic carbocycles. The molecule has 30 heavy (non-hydrogen) atoms. The van der Waals surface area contributed by atoms with Gasteiger partial charge in [0.2, 0.25) is 11.5 Å². The molecule has 0 saturated carbocycles. The van der Waals surface area contributed by atoms with Gasteiger partial charge in [-0.25, -0.2) is 9.78 Å². The van der Waals surface area contributed by atoms with Crippen LogP contribution in [0.4, 0.5) is 11.4 Å². The molecule has 0 amide bonds. The van der Waals surface area contributed by atoms with Gasteiger partial charge in [-0.2, -0.15) is 0 Å². The predicted octanol–water partition coefficient (Wildman–Crippen LogP) is 2.60. The highest BCUT2D eigenvalue weighted by Gasteiger charge is 2.26. The van der Waals surface area contributed by atoms with Crippen LogP contribution in [-0.2, 0) is 4.74 Å². The Kier molecular flexibility index (Phi) is 6.42. The highest BCUT2D eigenvalue weighted by molar-refractivity contribution is 6.09. The number of carbonyl (C=O) groups is 2. The summed E-state index contributed by atoms with van der Waals surface area (Å²) in [4.78, 5) is 49.1. The molecule has 0 aliphatic heterocycles. The summed E-state index contributed by atoms with van der Waals surface area (Å²) < 4.78 is 9.41. The van der Waals surface area contributed by atoms with Crippen LogP contribution in [0.2, 0.25) is 0 Å². The number of phenols is 1. The Morgan fingerprint density at radius 2 is 1.77 bits per heavy atom. The molecule has 0 saturated heterocycles. The number of nitrogens with zero attached hydrogens (tertiary/aromatic N) is 3. The zero-order valence-electron chi connectivity index (χ0n) is 15.9. The van der Waals surface area contributed by atoms with E-state index >= 15 is 0 Å². The van der Waals surface area contributed by atoms with E-state index in [-0.39, 0.29) is 28.3 Å². The molecule has 0 spiro atoms. The number of phenolic OH excluding ortho intramolecular Hbond substituents is 1. The summed E-state index contributed by atoms with van der Waals surface area (Å²) in [5.74, 6) is -2.51. The summed E-state index contributed by atoms with van der Waals surface area (Å²) in [5.41, 5.74) is -2.18. The Morgan fingerprint density at radius 3 is 2.30 bits per heavy atom. The first-order valence-corrected chi connectivity index (χ1v) is 8.12. The van der Waals surface area contributed by atoms with E-state index in [1.165, 1.54) is 6.92 Å². The zero-order chi connectivity index (χ0) is 22.6. The molecule has 0 bridgehead atoms. The van der Waals surface area contributed by atoms with Gasteiger partial charge in [-0.15, -0.1) is 0 Å². The molecule has 2 aromatic rings. The Bertz CT molecular complexity index is 1090. The van der Waals surface area contributed by atoms with E-state index in [1.54, 1.807) is 0 Å². The number of esters is 1. The molecule has 2 rings (SSSR count). The highest BCUT2D eigenvalue weighted by Crippen LogP contribution is 2.35. The lowest BCUT2D eigenvalue weighted by atomic mass is 10.1. The van der Waals surface area contributed by atoms with Crippen molar-refractivity contribution in [1.29, 1.82) is 0 Å². The number of ketones is 1. The normalized spacial score (nSPS) is 10.6. The van der Waals surface area contributed by atoms with Crippen molar-refractivity contribution >= 4 is 29.2 Å². The van der Waals surface area contributed by atoms with Crippen LogP contribution in [0.5, 0.6) is 11.5 Å². The van der Waals surface area contributed by atoms with Crippen molar-refractivity contribution in [2.24, 2.45) is 0 Å².